The van der Waals surface area contributed by atoms with Crippen molar-refractivity contribution in [2.24, 2.45) is 11.1 Å². The second-order valence-electron chi connectivity index (χ2n) is 9.13. The lowest BCUT2D eigenvalue weighted by molar-refractivity contribution is -0.385. The topological polar surface area (TPSA) is 103 Å². The SMILES string of the molecule is CC(=NOC1CCCC1)C1=C(C)NC(C)=C(C(=O)OCC(C)C)C1c1ccccc1[N+](=O)[O-]. The molecule has 0 radical (unpaired) electrons. The first kappa shape index (κ1) is 24.5. The lowest BCUT2D eigenvalue weighted by atomic mass is 9.78. The monoisotopic (exact) mass is 455 g/mol. The van der Waals surface area contributed by atoms with Crippen LogP contribution in [0.5, 0.6) is 0 Å². The lowest BCUT2D eigenvalue weighted by Crippen LogP contribution is -2.32. The molecular formula is C25H33N3O5. The summed E-state index contributed by atoms with van der Waals surface area (Å²) in [6.45, 7) is 9.66. The summed E-state index contributed by atoms with van der Waals surface area (Å²) >= 11 is 0. The molecule has 8 heteroatoms. The minimum absolute atomic E-state index is 0.0545. The summed E-state index contributed by atoms with van der Waals surface area (Å²) in [7, 11) is 0. The van der Waals surface area contributed by atoms with Crippen LogP contribution >= 0.6 is 0 Å². The quantitative estimate of drug-likeness (QED) is 0.245. The van der Waals surface area contributed by atoms with Gasteiger partial charge in [0.15, 0.2) is 0 Å². The zero-order valence-corrected chi connectivity index (χ0v) is 20.0. The number of hydrogen-bond donors (Lipinski definition) is 1. The maximum absolute atomic E-state index is 13.2. The summed E-state index contributed by atoms with van der Waals surface area (Å²) in [6.07, 6.45) is 4.25. The number of nitro groups is 1. The van der Waals surface area contributed by atoms with Crippen LogP contribution in [-0.4, -0.2) is 29.3 Å². The minimum atomic E-state index is -0.705. The Balaban J connectivity index is 2.10. The third kappa shape index (κ3) is 5.61. The Morgan fingerprint density at radius 3 is 2.45 bits per heavy atom. The van der Waals surface area contributed by atoms with Crippen molar-refractivity contribution in [3.05, 3.63) is 62.5 Å². The van der Waals surface area contributed by atoms with Crippen LogP contribution in [0.15, 0.2) is 52.0 Å². The number of hydrogen-bond acceptors (Lipinski definition) is 7. The Labute approximate surface area is 194 Å². The molecule has 1 aromatic rings. The van der Waals surface area contributed by atoms with Crippen LogP contribution in [0.4, 0.5) is 5.69 Å². The molecule has 1 N–H and O–H groups in total. The molecule has 1 aromatic carbocycles. The van der Waals surface area contributed by atoms with Crippen LogP contribution in [0.1, 0.15) is 71.8 Å². The van der Waals surface area contributed by atoms with Gasteiger partial charge in [-0.2, -0.15) is 0 Å². The summed E-state index contributed by atoms with van der Waals surface area (Å²) in [6, 6.07) is 6.51. The van der Waals surface area contributed by atoms with Gasteiger partial charge in [-0.05, 0) is 52.4 Å². The van der Waals surface area contributed by atoms with Gasteiger partial charge < -0.3 is 14.9 Å². The van der Waals surface area contributed by atoms with E-state index < -0.39 is 16.8 Å². The van der Waals surface area contributed by atoms with E-state index in [2.05, 4.69) is 10.5 Å². The van der Waals surface area contributed by atoms with Crippen LogP contribution < -0.4 is 5.32 Å². The van der Waals surface area contributed by atoms with Crippen LogP contribution in [-0.2, 0) is 14.4 Å². The first-order valence-corrected chi connectivity index (χ1v) is 11.5. The molecule has 1 heterocycles. The lowest BCUT2D eigenvalue weighted by Gasteiger charge is -2.31. The Morgan fingerprint density at radius 2 is 1.82 bits per heavy atom. The molecule has 1 aliphatic heterocycles. The number of nitro benzene ring substituents is 1. The number of ether oxygens (including phenoxy) is 1. The van der Waals surface area contributed by atoms with E-state index in [-0.39, 0.29) is 24.3 Å². The predicted octanol–water partition coefficient (Wildman–Crippen LogP) is 5.36. The fourth-order valence-electron chi connectivity index (χ4n) is 4.47. The number of nitrogens with zero attached hydrogens (tertiary/aromatic N) is 2. The van der Waals surface area contributed by atoms with Gasteiger partial charge in [0.1, 0.15) is 6.10 Å². The van der Waals surface area contributed by atoms with E-state index in [9.17, 15) is 14.9 Å². The Bertz CT molecular complexity index is 1000. The third-order valence-electron chi connectivity index (χ3n) is 6.00. The molecule has 1 aliphatic carbocycles. The van der Waals surface area contributed by atoms with Crippen molar-refractivity contribution >= 4 is 17.4 Å². The highest BCUT2D eigenvalue weighted by Gasteiger charge is 2.38. The molecule has 0 spiro atoms. The molecule has 33 heavy (non-hydrogen) atoms. The number of oxime groups is 1. The smallest absolute Gasteiger partial charge is 0.336 e. The number of dihydropyridines is 1. The van der Waals surface area contributed by atoms with E-state index in [1.165, 1.54) is 6.07 Å². The number of benzene rings is 1. The van der Waals surface area contributed by atoms with Crippen LogP contribution in [0, 0.1) is 16.0 Å². The fourth-order valence-corrected chi connectivity index (χ4v) is 4.47. The van der Waals surface area contributed by atoms with Gasteiger partial charge in [0.05, 0.1) is 28.7 Å². The molecule has 1 fully saturated rings. The average molecular weight is 456 g/mol. The van der Waals surface area contributed by atoms with Crippen molar-refractivity contribution in [1.29, 1.82) is 0 Å². The number of para-hydroxylation sites is 1. The molecule has 0 saturated heterocycles. The summed E-state index contributed by atoms with van der Waals surface area (Å²) in [5.74, 6) is -1.04. The highest BCUT2D eigenvalue weighted by Crippen LogP contribution is 2.42. The molecule has 0 bridgehead atoms. The maximum atomic E-state index is 13.2. The van der Waals surface area contributed by atoms with Gasteiger partial charge >= 0.3 is 5.97 Å². The molecule has 2 aliphatic rings. The molecule has 1 unspecified atom stereocenters. The molecule has 1 saturated carbocycles. The summed E-state index contributed by atoms with van der Waals surface area (Å²) in [5.41, 5.74) is 3.36. The second kappa shape index (κ2) is 10.6. The van der Waals surface area contributed by atoms with E-state index in [1.807, 2.05) is 27.7 Å². The van der Waals surface area contributed by atoms with Crippen molar-refractivity contribution in [2.45, 2.75) is 72.3 Å². The molecule has 3 rings (SSSR count). The third-order valence-corrected chi connectivity index (χ3v) is 6.00. The number of carbonyl (C=O) groups is 1. The van der Waals surface area contributed by atoms with Crippen molar-refractivity contribution < 1.29 is 19.3 Å². The van der Waals surface area contributed by atoms with Crippen molar-refractivity contribution in [1.82, 2.24) is 5.32 Å². The number of carbonyl (C=O) groups excluding carboxylic acids is 1. The molecule has 0 aromatic heterocycles. The minimum Gasteiger partial charge on any atom is -0.462 e. The van der Waals surface area contributed by atoms with Crippen molar-refractivity contribution in [3.8, 4) is 0 Å². The molecule has 0 amide bonds. The van der Waals surface area contributed by atoms with Crippen LogP contribution in [0.25, 0.3) is 0 Å². The highest BCUT2D eigenvalue weighted by molar-refractivity contribution is 6.05. The molecular weight excluding hydrogens is 422 g/mol. The Morgan fingerprint density at radius 1 is 1.18 bits per heavy atom. The van der Waals surface area contributed by atoms with Gasteiger partial charge in [0.2, 0.25) is 0 Å². The second-order valence-corrected chi connectivity index (χ2v) is 9.13. The Kier molecular flexibility index (Phi) is 7.89. The standard InChI is InChI=1S/C25H33N3O5/c1-15(2)14-32-25(29)23-17(4)26-16(3)22(18(5)27-33-19-10-6-7-11-19)24(23)20-12-8-9-13-21(20)28(30)31/h8-9,12-13,15,19,24,26H,6-7,10-11,14H2,1-5H3. The molecule has 1 atom stereocenters. The largest absolute Gasteiger partial charge is 0.462 e. The van der Waals surface area contributed by atoms with Gasteiger partial charge in [0, 0.05) is 28.6 Å². The van der Waals surface area contributed by atoms with E-state index >= 15 is 0 Å². The van der Waals surface area contributed by atoms with E-state index in [4.69, 9.17) is 9.57 Å². The number of esters is 1. The fraction of sp³-hybridized carbons (Fsp3) is 0.520. The number of allylic oxidation sites excluding steroid dienone is 3. The Hall–Kier alpha value is -3.16. The predicted molar refractivity (Wildman–Crippen MR) is 127 cm³/mol. The average Bonchev–Trinajstić information content (AvgIpc) is 3.29. The number of nitrogens with one attached hydrogen (secondary N) is 1. The van der Waals surface area contributed by atoms with Gasteiger partial charge in [-0.15, -0.1) is 0 Å². The summed E-state index contributed by atoms with van der Waals surface area (Å²) in [4.78, 5) is 30.5. The summed E-state index contributed by atoms with van der Waals surface area (Å²) in [5, 5.41) is 19.5. The van der Waals surface area contributed by atoms with E-state index in [0.29, 0.717) is 28.1 Å². The number of rotatable bonds is 8. The first-order valence-electron chi connectivity index (χ1n) is 11.5. The summed E-state index contributed by atoms with van der Waals surface area (Å²) < 4.78 is 5.57. The van der Waals surface area contributed by atoms with Crippen LogP contribution in [0.3, 0.4) is 0 Å². The molecule has 8 nitrogen and oxygen atoms in total. The van der Waals surface area contributed by atoms with Gasteiger partial charge in [-0.25, -0.2) is 4.79 Å². The highest BCUT2D eigenvalue weighted by atomic mass is 16.6. The van der Waals surface area contributed by atoms with Gasteiger partial charge in [-0.3, -0.25) is 10.1 Å². The first-order chi connectivity index (χ1) is 15.7. The van der Waals surface area contributed by atoms with Crippen molar-refractivity contribution in [2.75, 3.05) is 6.61 Å². The zero-order chi connectivity index (χ0) is 24.1. The zero-order valence-electron chi connectivity index (χ0n) is 20.0. The van der Waals surface area contributed by atoms with E-state index in [1.54, 1.807) is 25.1 Å². The van der Waals surface area contributed by atoms with Gasteiger partial charge in [-0.1, -0.05) is 37.2 Å². The van der Waals surface area contributed by atoms with E-state index in [0.717, 1.165) is 31.4 Å². The van der Waals surface area contributed by atoms with Crippen LogP contribution in [0.2, 0.25) is 0 Å². The van der Waals surface area contributed by atoms with Gasteiger partial charge in [0.25, 0.3) is 5.69 Å². The van der Waals surface area contributed by atoms with Crippen molar-refractivity contribution in [3.63, 3.8) is 0 Å². The maximum Gasteiger partial charge on any atom is 0.336 e. The molecule has 178 valence electrons. The normalized spacial score (nSPS) is 19.7.